The highest BCUT2D eigenvalue weighted by Crippen LogP contribution is 2.07. The Balaban J connectivity index is 1.46. The van der Waals surface area contributed by atoms with Crippen LogP contribution in [0.3, 0.4) is 0 Å². The molecule has 3 rings (SSSR count). The summed E-state index contributed by atoms with van der Waals surface area (Å²) in [5, 5.41) is 13.7. The van der Waals surface area contributed by atoms with Crippen molar-refractivity contribution in [1.82, 2.24) is 20.0 Å². The zero-order chi connectivity index (χ0) is 21.2. The molecule has 1 amide bonds. The summed E-state index contributed by atoms with van der Waals surface area (Å²) in [4.78, 5) is 23.5. The van der Waals surface area contributed by atoms with Crippen LogP contribution in [0.2, 0.25) is 0 Å². The molecule has 0 spiro atoms. The molecule has 0 saturated carbocycles. The molecule has 0 aromatic heterocycles. The lowest BCUT2D eigenvalue weighted by molar-refractivity contribution is -0.136. The van der Waals surface area contributed by atoms with E-state index in [1.807, 2.05) is 42.2 Å². The number of aliphatic imine (C=N–C) groups is 1. The maximum atomic E-state index is 12.5. The van der Waals surface area contributed by atoms with E-state index in [0.717, 1.165) is 44.2 Å². The van der Waals surface area contributed by atoms with Gasteiger partial charge in [-0.25, -0.2) is 0 Å². The number of hydrogen-bond acceptors (Lipinski definition) is 5. The Hall–Kier alpha value is -2.16. The molecular weight excluding hydrogens is 382 g/mol. The Bertz CT molecular complexity index is 671. The number of carbonyl (C=O) groups excluding carboxylic acids is 1. The number of benzene rings is 1. The average molecular weight is 418 g/mol. The van der Waals surface area contributed by atoms with Crippen molar-refractivity contribution in [1.29, 1.82) is 0 Å². The van der Waals surface area contributed by atoms with Gasteiger partial charge in [0.15, 0.2) is 5.96 Å². The van der Waals surface area contributed by atoms with Crippen molar-refractivity contribution in [3.63, 3.8) is 0 Å². The predicted molar refractivity (Wildman–Crippen MR) is 118 cm³/mol. The van der Waals surface area contributed by atoms with Gasteiger partial charge >= 0.3 is 0 Å². The minimum atomic E-state index is -0.506. The standard InChI is InChI=1S/C22H35N5O3/c1-2-23-22(24-17-20(28)16-19-6-4-3-5-7-19)27-10-8-25(9-11-27)18-21(29)26-12-14-30-15-13-26/h3-7,20,28H,2,8-18H2,1H3,(H,23,24). The van der Waals surface area contributed by atoms with Crippen LogP contribution in [0.15, 0.2) is 35.3 Å². The molecule has 0 radical (unpaired) electrons. The van der Waals surface area contributed by atoms with E-state index in [2.05, 4.69) is 20.1 Å². The van der Waals surface area contributed by atoms with Crippen molar-refractivity contribution in [2.45, 2.75) is 19.4 Å². The molecule has 1 aromatic rings. The summed E-state index contributed by atoms with van der Waals surface area (Å²) < 4.78 is 5.32. The second-order valence-corrected chi connectivity index (χ2v) is 7.79. The van der Waals surface area contributed by atoms with Crippen molar-refractivity contribution in [2.24, 2.45) is 4.99 Å². The Labute approximate surface area is 179 Å². The summed E-state index contributed by atoms with van der Waals surface area (Å²) in [6, 6.07) is 9.99. The van der Waals surface area contributed by atoms with Crippen LogP contribution in [-0.2, 0) is 16.0 Å². The number of morpholine rings is 1. The lowest BCUT2D eigenvalue weighted by Gasteiger charge is -2.37. The van der Waals surface area contributed by atoms with E-state index in [9.17, 15) is 9.90 Å². The molecule has 1 atom stereocenters. The van der Waals surface area contributed by atoms with Gasteiger partial charge in [0.2, 0.25) is 5.91 Å². The normalized spacial score (nSPS) is 19.6. The number of nitrogens with one attached hydrogen (secondary N) is 1. The van der Waals surface area contributed by atoms with Crippen molar-refractivity contribution in [3.8, 4) is 0 Å². The first-order valence-corrected chi connectivity index (χ1v) is 11.0. The van der Waals surface area contributed by atoms with Gasteiger partial charge in [-0.15, -0.1) is 0 Å². The highest BCUT2D eigenvalue weighted by Gasteiger charge is 2.24. The van der Waals surface area contributed by atoms with Gasteiger partial charge in [-0.3, -0.25) is 14.7 Å². The van der Waals surface area contributed by atoms with E-state index in [1.165, 1.54) is 0 Å². The molecule has 2 aliphatic heterocycles. The molecule has 2 saturated heterocycles. The number of carbonyl (C=O) groups is 1. The second-order valence-electron chi connectivity index (χ2n) is 7.79. The summed E-state index contributed by atoms with van der Waals surface area (Å²) in [6.45, 7) is 9.62. The highest BCUT2D eigenvalue weighted by atomic mass is 16.5. The van der Waals surface area contributed by atoms with Crippen LogP contribution >= 0.6 is 0 Å². The SMILES string of the molecule is CCNC(=NCC(O)Cc1ccccc1)N1CCN(CC(=O)N2CCOCC2)CC1. The third-order valence-corrected chi connectivity index (χ3v) is 5.50. The molecule has 30 heavy (non-hydrogen) atoms. The molecule has 2 aliphatic rings. The summed E-state index contributed by atoms with van der Waals surface area (Å²) >= 11 is 0. The maximum Gasteiger partial charge on any atom is 0.236 e. The van der Waals surface area contributed by atoms with Crippen LogP contribution in [0.1, 0.15) is 12.5 Å². The van der Waals surface area contributed by atoms with Gasteiger partial charge < -0.3 is 25.0 Å². The fourth-order valence-corrected chi connectivity index (χ4v) is 3.79. The number of hydrogen-bond donors (Lipinski definition) is 2. The number of piperazine rings is 1. The number of ether oxygens (including phenoxy) is 1. The molecule has 2 fully saturated rings. The van der Waals surface area contributed by atoms with Crippen molar-refractivity contribution >= 4 is 11.9 Å². The minimum Gasteiger partial charge on any atom is -0.391 e. The predicted octanol–water partition coefficient (Wildman–Crippen LogP) is 0.0319. The first-order valence-electron chi connectivity index (χ1n) is 11.0. The Kier molecular flexibility index (Phi) is 8.92. The average Bonchev–Trinajstić information content (AvgIpc) is 2.78. The quantitative estimate of drug-likeness (QED) is 0.481. The van der Waals surface area contributed by atoms with Gasteiger partial charge in [0.25, 0.3) is 0 Å². The topological polar surface area (TPSA) is 80.6 Å². The number of amides is 1. The molecule has 1 unspecified atom stereocenters. The van der Waals surface area contributed by atoms with Gasteiger partial charge in [-0.2, -0.15) is 0 Å². The van der Waals surface area contributed by atoms with Gasteiger partial charge in [0.1, 0.15) is 0 Å². The summed E-state index contributed by atoms with van der Waals surface area (Å²) in [5.74, 6) is 1.03. The first kappa shape index (κ1) is 22.5. The molecule has 8 heteroatoms. The largest absolute Gasteiger partial charge is 0.391 e. The fraction of sp³-hybridized carbons (Fsp3) is 0.636. The number of aliphatic hydroxyl groups excluding tert-OH is 1. The molecule has 8 nitrogen and oxygen atoms in total. The summed E-state index contributed by atoms with van der Waals surface area (Å²) in [6.07, 6.45) is 0.0924. The summed E-state index contributed by atoms with van der Waals surface area (Å²) in [5.41, 5.74) is 1.11. The zero-order valence-electron chi connectivity index (χ0n) is 18.0. The molecule has 2 N–H and O–H groups in total. The van der Waals surface area contributed by atoms with E-state index >= 15 is 0 Å². The van der Waals surface area contributed by atoms with E-state index in [0.29, 0.717) is 45.8 Å². The molecular formula is C22H35N5O3. The van der Waals surface area contributed by atoms with Gasteiger partial charge in [-0.05, 0) is 12.5 Å². The van der Waals surface area contributed by atoms with E-state index in [1.54, 1.807) is 0 Å². The molecule has 0 bridgehead atoms. The second kappa shape index (κ2) is 11.9. The third-order valence-electron chi connectivity index (χ3n) is 5.50. The van der Waals surface area contributed by atoms with Crippen molar-refractivity contribution in [3.05, 3.63) is 35.9 Å². The highest BCUT2D eigenvalue weighted by molar-refractivity contribution is 5.80. The van der Waals surface area contributed by atoms with Gasteiger partial charge in [-0.1, -0.05) is 30.3 Å². The summed E-state index contributed by atoms with van der Waals surface area (Å²) in [7, 11) is 0. The Morgan fingerprint density at radius 1 is 1.10 bits per heavy atom. The van der Waals surface area contributed by atoms with Crippen LogP contribution in [0.5, 0.6) is 0 Å². The monoisotopic (exact) mass is 417 g/mol. The lowest BCUT2D eigenvalue weighted by atomic mass is 10.1. The van der Waals surface area contributed by atoms with Crippen LogP contribution < -0.4 is 5.32 Å². The third kappa shape index (κ3) is 6.97. The van der Waals surface area contributed by atoms with E-state index in [4.69, 9.17) is 4.74 Å². The minimum absolute atomic E-state index is 0.191. The first-order chi connectivity index (χ1) is 14.7. The van der Waals surface area contributed by atoms with Gasteiger partial charge in [0, 0.05) is 52.2 Å². The maximum absolute atomic E-state index is 12.5. The number of nitrogens with zero attached hydrogens (tertiary/aromatic N) is 4. The van der Waals surface area contributed by atoms with Crippen LogP contribution in [-0.4, -0.2) is 110 Å². The van der Waals surface area contributed by atoms with Crippen LogP contribution in [0.4, 0.5) is 0 Å². The molecule has 166 valence electrons. The zero-order valence-corrected chi connectivity index (χ0v) is 18.0. The van der Waals surface area contributed by atoms with Crippen molar-refractivity contribution in [2.75, 3.05) is 72.1 Å². The van der Waals surface area contributed by atoms with E-state index < -0.39 is 6.10 Å². The molecule has 0 aliphatic carbocycles. The number of aliphatic hydroxyl groups is 1. The molecule has 1 aromatic carbocycles. The van der Waals surface area contributed by atoms with Crippen LogP contribution in [0, 0.1) is 0 Å². The van der Waals surface area contributed by atoms with E-state index in [-0.39, 0.29) is 5.91 Å². The lowest BCUT2D eigenvalue weighted by Crippen LogP contribution is -2.55. The van der Waals surface area contributed by atoms with Crippen molar-refractivity contribution < 1.29 is 14.6 Å². The number of guanidine groups is 1. The number of rotatable bonds is 7. The Morgan fingerprint density at radius 3 is 2.47 bits per heavy atom. The fourth-order valence-electron chi connectivity index (χ4n) is 3.79. The Morgan fingerprint density at radius 2 is 1.80 bits per heavy atom. The molecule has 2 heterocycles. The van der Waals surface area contributed by atoms with Crippen LogP contribution in [0.25, 0.3) is 0 Å². The smallest absolute Gasteiger partial charge is 0.236 e. The van der Waals surface area contributed by atoms with Gasteiger partial charge in [0.05, 0.1) is 32.4 Å².